The zero-order valence-electron chi connectivity index (χ0n) is 3.16. The van der Waals surface area contributed by atoms with Gasteiger partial charge >= 0.3 is 0 Å². The van der Waals surface area contributed by atoms with E-state index in [1.807, 2.05) is 0 Å². The van der Waals surface area contributed by atoms with Gasteiger partial charge in [-0.25, -0.2) is 4.21 Å². The van der Waals surface area contributed by atoms with Crippen LogP contribution >= 0.6 is 12.2 Å². The van der Waals surface area contributed by atoms with Gasteiger partial charge in [-0.15, -0.1) is 0 Å². The van der Waals surface area contributed by atoms with Crippen molar-refractivity contribution in [3.05, 3.63) is 0 Å². The van der Waals surface area contributed by atoms with Crippen LogP contribution < -0.4 is 0 Å². The third-order valence-electron chi connectivity index (χ3n) is 0.250. The fourth-order valence-corrected chi connectivity index (χ4v) is 0.177. The summed E-state index contributed by atoms with van der Waals surface area (Å²) in [4.78, 5) is 9.40. The van der Waals surface area contributed by atoms with Crippen molar-refractivity contribution in [2.75, 3.05) is 0 Å². The maximum atomic E-state index is 9.90. The van der Waals surface area contributed by atoms with Crippen LogP contribution in [-0.2, 0) is 14.6 Å². The van der Waals surface area contributed by atoms with E-state index in [1.54, 1.807) is 0 Å². The lowest BCUT2D eigenvalue weighted by atomic mass is 11.8. The molecule has 1 unspecified atom stereocenters. The summed E-state index contributed by atoms with van der Waals surface area (Å²) in [6.45, 7) is 0. The van der Waals surface area contributed by atoms with E-state index in [0.717, 1.165) is 0 Å². The van der Waals surface area contributed by atoms with Crippen LogP contribution in [-0.4, -0.2) is 18.7 Å². The summed E-state index contributed by atoms with van der Waals surface area (Å²) in [7, 11) is -3.52. The van der Waals surface area contributed by atoms with E-state index in [0.29, 0.717) is 0 Å². The van der Waals surface area contributed by atoms with E-state index in [9.17, 15) is 9.00 Å². The highest BCUT2D eigenvalue weighted by atomic mass is 32.2. The average Bonchev–Trinajstić information content (AvgIpc) is 1.68. The summed E-state index contributed by atoms with van der Waals surface area (Å²) in [6.07, 6.45) is 0. The van der Waals surface area contributed by atoms with Gasteiger partial charge in [-0.05, 0) is 12.2 Å². The zero-order valence-corrected chi connectivity index (χ0v) is 4.79. The average molecular weight is 138 g/mol. The molecule has 7 heavy (non-hydrogen) atoms. The zero-order chi connectivity index (χ0) is 5.91. The van der Waals surface area contributed by atoms with Crippen LogP contribution in [0.15, 0.2) is 0 Å². The van der Waals surface area contributed by atoms with Gasteiger partial charge in [0.25, 0.3) is 0 Å². The summed E-state index contributed by atoms with van der Waals surface area (Å²) in [5.74, 6) is 0. The predicted octanol–water partition coefficient (Wildman–Crippen LogP) is -0.232. The van der Waals surface area contributed by atoms with Crippen LogP contribution in [0.3, 0.4) is 0 Å². The Balaban J connectivity index is 4.89. The minimum Gasteiger partial charge on any atom is -0.302 e. The third-order valence-corrected chi connectivity index (χ3v) is 1.47. The van der Waals surface area contributed by atoms with Gasteiger partial charge in [0.15, 0.2) is 9.80 Å². The van der Waals surface area contributed by atoms with Crippen molar-refractivity contribution in [1.82, 2.24) is 0 Å². The fourth-order valence-electron chi connectivity index (χ4n) is 0.0196. The quantitative estimate of drug-likeness (QED) is 0.401. The monoisotopic (exact) mass is 138 g/mol. The second-order valence-electron chi connectivity index (χ2n) is 0.748. The molecular formula is C2H2O3S2. The Hall–Kier alpha value is -0.220. The smallest absolute Gasteiger partial charge is 0.231 e. The Morgan fingerprint density at radius 1 is 1.86 bits per heavy atom. The first kappa shape index (κ1) is 6.78. The molecule has 0 saturated carbocycles. The highest BCUT2D eigenvalue weighted by molar-refractivity contribution is 8.13. The van der Waals surface area contributed by atoms with Gasteiger partial charge in [-0.3, -0.25) is 4.79 Å². The van der Waals surface area contributed by atoms with Gasteiger partial charge in [-0.1, -0.05) is 0 Å². The largest absolute Gasteiger partial charge is 0.302 e. The van der Waals surface area contributed by atoms with Crippen molar-refractivity contribution in [2.24, 2.45) is 0 Å². The highest BCUT2D eigenvalue weighted by Crippen LogP contribution is 1.69. The Morgan fingerprint density at radius 2 is 2.29 bits per heavy atom. The first-order valence-electron chi connectivity index (χ1n) is 1.23. The number of carbonyl (C=O) groups is 1. The van der Waals surface area contributed by atoms with Crippen molar-refractivity contribution in [3.63, 3.8) is 0 Å². The van der Waals surface area contributed by atoms with Crippen molar-refractivity contribution < 1.29 is 13.6 Å². The first-order chi connectivity index (χ1) is 3.12. The maximum absolute atomic E-state index is 9.90. The minimum absolute atomic E-state index is 0.139. The number of carbonyl (C=O) groups excluding carboxylic acids is 1. The summed E-state index contributed by atoms with van der Waals surface area (Å²) in [5.41, 5.74) is -0.139. The molecule has 5 heteroatoms. The number of thiocarbonyl (C=S) groups is 1. The normalized spacial score (nSPS) is 16.7. The molecule has 0 aromatic rings. The summed E-state index contributed by atoms with van der Waals surface area (Å²) < 4.78 is 19.5. The van der Waals surface area contributed by atoms with E-state index in [1.165, 1.54) is 4.31 Å². The van der Waals surface area contributed by atoms with Crippen molar-refractivity contribution in [3.8, 4) is 0 Å². The van der Waals surface area contributed by atoms with Crippen LogP contribution in [0.1, 0.15) is 0 Å². The van der Waals surface area contributed by atoms with Crippen LogP contribution in [0.4, 0.5) is 0 Å². The molecule has 40 valence electrons. The second-order valence-corrected chi connectivity index (χ2v) is 2.74. The van der Waals surface area contributed by atoms with E-state index < -0.39 is 9.80 Å². The maximum Gasteiger partial charge on any atom is 0.231 e. The van der Waals surface area contributed by atoms with Crippen molar-refractivity contribution in [1.29, 1.82) is 0 Å². The summed E-state index contributed by atoms with van der Waals surface area (Å²) in [6, 6.07) is 0. The number of rotatable bonds is 1. The van der Waals surface area contributed by atoms with E-state index in [4.69, 9.17) is 4.55 Å². The molecule has 0 aromatic heterocycles. The third kappa shape index (κ3) is 2.47. The van der Waals surface area contributed by atoms with Crippen LogP contribution in [0.25, 0.3) is 0 Å². The van der Waals surface area contributed by atoms with Gasteiger partial charge in [0.1, 0.15) is 0 Å². The fraction of sp³-hybridized carbons (Fsp3) is 0. The SMILES string of the molecule is O=CS(=O)(O)=C=S. The first-order valence-corrected chi connectivity index (χ1v) is 3.22. The Bertz CT molecular complexity index is 193. The molecule has 0 saturated heterocycles. The lowest BCUT2D eigenvalue weighted by Crippen LogP contribution is -1.96. The van der Waals surface area contributed by atoms with E-state index >= 15 is 0 Å². The van der Waals surface area contributed by atoms with Crippen molar-refractivity contribution in [2.45, 2.75) is 0 Å². The van der Waals surface area contributed by atoms with Crippen molar-refractivity contribution >= 4 is 32.0 Å². The Labute approximate surface area is 46.2 Å². The number of hydrogen-bond acceptors (Lipinski definition) is 3. The standard InChI is InChI=1S/C2H2O3S2/c3-1-7(4,5)2-6/h1H,(H,4,5). The predicted molar refractivity (Wildman–Crippen MR) is 30.1 cm³/mol. The van der Waals surface area contributed by atoms with Gasteiger partial charge in [0.05, 0.1) is 0 Å². The molecule has 0 aromatic carbocycles. The summed E-state index contributed by atoms with van der Waals surface area (Å²) in [5, 5.41) is 0. The van der Waals surface area contributed by atoms with E-state index in [-0.39, 0.29) is 5.62 Å². The van der Waals surface area contributed by atoms with Crippen LogP contribution in [0, 0.1) is 0 Å². The second kappa shape index (κ2) is 2.18. The van der Waals surface area contributed by atoms with Gasteiger partial charge < -0.3 is 4.55 Å². The molecule has 1 atom stereocenters. The van der Waals surface area contributed by atoms with Gasteiger partial charge in [-0.2, -0.15) is 0 Å². The molecule has 0 aliphatic carbocycles. The molecule has 0 bridgehead atoms. The molecule has 0 aliphatic heterocycles. The lowest BCUT2D eigenvalue weighted by Gasteiger charge is -1.76. The van der Waals surface area contributed by atoms with Crippen LogP contribution in [0.2, 0.25) is 0 Å². The molecule has 0 radical (unpaired) electrons. The molecular weight excluding hydrogens is 136 g/mol. The molecule has 0 spiro atoms. The Kier molecular flexibility index (Phi) is 2.11. The molecule has 0 heterocycles. The molecule has 0 aliphatic rings. The van der Waals surface area contributed by atoms with Gasteiger partial charge in [0, 0.05) is 4.31 Å². The lowest BCUT2D eigenvalue weighted by molar-refractivity contribution is 0.542. The van der Waals surface area contributed by atoms with E-state index in [2.05, 4.69) is 12.2 Å². The van der Waals surface area contributed by atoms with Gasteiger partial charge in [0.2, 0.25) is 5.62 Å². The molecule has 1 N–H and O–H groups in total. The summed E-state index contributed by atoms with van der Waals surface area (Å²) >= 11 is 3.88. The molecule has 3 nitrogen and oxygen atoms in total. The molecule has 0 fully saturated rings. The minimum atomic E-state index is -3.52. The number of hydrogen-bond donors (Lipinski definition) is 1. The topological polar surface area (TPSA) is 54.4 Å². The molecule has 0 rings (SSSR count). The van der Waals surface area contributed by atoms with Crippen LogP contribution in [0.5, 0.6) is 0 Å². The highest BCUT2D eigenvalue weighted by Gasteiger charge is 1.90. The molecule has 0 amide bonds. The Morgan fingerprint density at radius 3 is 2.29 bits per heavy atom.